The minimum absolute atomic E-state index is 0.0148. The Labute approximate surface area is 193 Å². The highest BCUT2D eigenvalue weighted by molar-refractivity contribution is 6.46. The van der Waals surface area contributed by atoms with Gasteiger partial charge in [0.25, 0.3) is 11.7 Å². The number of nitrogens with zero attached hydrogens (tertiary/aromatic N) is 2. The number of unbranched alkanes of at least 4 members (excludes halogenated alkanes) is 2. The number of pyridine rings is 1. The van der Waals surface area contributed by atoms with Crippen LogP contribution in [0.2, 0.25) is 0 Å². The number of hydrogen-bond donors (Lipinski definition) is 1. The molecule has 2 aromatic rings. The molecule has 1 atom stereocenters. The summed E-state index contributed by atoms with van der Waals surface area (Å²) in [6, 6.07) is 7.67. The van der Waals surface area contributed by atoms with Crippen LogP contribution in [0.3, 0.4) is 0 Å². The monoisotopic (exact) mass is 454 g/mol. The Morgan fingerprint density at radius 2 is 1.82 bits per heavy atom. The quantitative estimate of drug-likeness (QED) is 0.239. The van der Waals surface area contributed by atoms with Gasteiger partial charge in [0.2, 0.25) is 0 Å². The van der Waals surface area contributed by atoms with Gasteiger partial charge in [0, 0.05) is 31.6 Å². The minimum atomic E-state index is -0.795. The van der Waals surface area contributed by atoms with Crippen molar-refractivity contribution in [3.05, 3.63) is 59.4 Å². The average Bonchev–Trinajstić information content (AvgIpc) is 3.10. The van der Waals surface area contributed by atoms with E-state index >= 15 is 0 Å². The third-order valence-electron chi connectivity index (χ3n) is 5.54. The zero-order chi connectivity index (χ0) is 23.8. The van der Waals surface area contributed by atoms with E-state index in [1.165, 1.54) is 31.5 Å². The summed E-state index contributed by atoms with van der Waals surface area (Å²) in [5.74, 6) is -0.610. The van der Waals surface area contributed by atoms with Gasteiger partial charge in [0.15, 0.2) is 11.5 Å². The Bertz CT molecular complexity index is 1010. The number of likely N-dealkylation sites (tertiary alicyclic amines) is 1. The molecule has 8 heteroatoms. The summed E-state index contributed by atoms with van der Waals surface area (Å²) in [4.78, 5) is 31.2. The molecule has 0 bridgehead atoms. The summed E-state index contributed by atoms with van der Waals surface area (Å²) < 4.78 is 16.5. The predicted molar refractivity (Wildman–Crippen MR) is 123 cm³/mol. The highest BCUT2D eigenvalue weighted by Crippen LogP contribution is 2.41. The summed E-state index contributed by atoms with van der Waals surface area (Å²) in [6.07, 6.45) is 6.13. The summed E-state index contributed by atoms with van der Waals surface area (Å²) in [5.41, 5.74) is 1.04. The number of amides is 1. The number of carbonyl (C=O) groups excluding carboxylic acids is 2. The van der Waals surface area contributed by atoms with Crippen LogP contribution in [0.1, 0.15) is 43.4 Å². The van der Waals surface area contributed by atoms with Gasteiger partial charge >= 0.3 is 0 Å². The molecule has 1 aromatic carbocycles. The molecule has 1 aliphatic heterocycles. The van der Waals surface area contributed by atoms with Crippen molar-refractivity contribution in [3.8, 4) is 11.5 Å². The van der Waals surface area contributed by atoms with Crippen molar-refractivity contribution in [3.63, 3.8) is 0 Å². The van der Waals surface area contributed by atoms with E-state index in [-0.39, 0.29) is 24.5 Å². The van der Waals surface area contributed by atoms with E-state index in [0.717, 1.165) is 19.3 Å². The molecule has 8 nitrogen and oxygen atoms in total. The largest absolute Gasteiger partial charge is 0.507 e. The second-order valence-electron chi connectivity index (χ2n) is 7.69. The lowest BCUT2D eigenvalue weighted by molar-refractivity contribution is -0.140. The molecule has 3 rings (SSSR count). The number of hydrogen-bond acceptors (Lipinski definition) is 7. The van der Waals surface area contributed by atoms with Crippen LogP contribution in [0.25, 0.3) is 5.76 Å². The number of ether oxygens (including phenoxy) is 3. The molecule has 1 amide bonds. The second kappa shape index (κ2) is 11.5. The lowest BCUT2D eigenvalue weighted by atomic mass is 9.95. The fourth-order valence-electron chi connectivity index (χ4n) is 3.82. The molecule has 0 radical (unpaired) electrons. The van der Waals surface area contributed by atoms with Gasteiger partial charge < -0.3 is 24.2 Å². The van der Waals surface area contributed by atoms with Crippen LogP contribution < -0.4 is 9.47 Å². The molecule has 176 valence electrons. The van der Waals surface area contributed by atoms with Crippen molar-refractivity contribution in [2.24, 2.45) is 0 Å². The Kier molecular flexibility index (Phi) is 8.43. The molecule has 33 heavy (non-hydrogen) atoms. The molecular formula is C25H30N2O6. The first-order chi connectivity index (χ1) is 16.0. The molecule has 2 heterocycles. The van der Waals surface area contributed by atoms with Crippen LogP contribution >= 0.6 is 0 Å². The SMILES string of the molecule is CCCCCOc1ccc(C2C(=C(O)c3ccncc3)C(=O)C(=O)N2CCOC)cc1OC. The minimum Gasteiger partial charge on any atom is -0.507 e. The van der Waals surface area contributed by atoms with Crippen molar-refractivity contribution in [2.45, 2.75) is 32.2 Å². The van der Waals surface area contributed by atoms with Crippen LogP contribution in [-0.4, -0.2) is 60.7 Å². The van der Waals surface area contributed by atoms with Gasteiger partial charge in [0.1, 0.15) is 5.76 Å². The molecular weight excluding hydrogens is 424 g/mol. The molecule has 0 saturated carbocycles. The lowest BCUT2D eigenvalue weighted by Crippen LogP contribution is -2.32. The maximum Gasteiger partial charge on any atom is 0.295 e. The highest BCUT2D eigenvalue weighted by atomic mass is 16.5. The fourth-order valence-corrected chi connectivity index (χ4v) is 3.82. The number of aromatic nitrogens is 1. The number of methoxy groups -OCH3 is 2. The first kappa shape index (κ1) is 24.3. The van der Waals surface area contributed by atoms with Crippen molar-refractivity contribution >= 4 is 17.4 Å². The van der Waals surface area contributed by atoms with Crippen molar-refractivity contribution in [2.75, 3.05) is 34.0 Å². The Morgan fingerprint density at radius 3 is 2.48 bits per heavy atom. The maximum atomic E-state index is 13.0. The van der Waals surface area contributed by atoms with Gasteiger partial charge in [-0.25, -0.2) is 0 Å². The van der Waals surface area contributed by atoms with E-state index < -0.39 is 17.7 Å². The van der Waals surface area contributed by atoms with Gasteiger partial charge in [-0.3, -0.25) is 14.6 Å². The van der Waals surface area contributed by atoms with E-state index in [1.54, 1.807) is 30.3 Å². The van der Waals surface area contributed by atoms with Gasteiger partial charge in [0.05, 0.1) is 31.9 Å². The maximum absolute atomic E-state index is 13.0. The third kappa shape index (κ3) is 5.34. The summed E-state index contributed by atoms with van der Waals surface area (Å²) in [5, 5.41) is 11.0. The molecule has 1 aromatic heterocycles. The fraction of sp³-hybridized carbons (Fsp3) is 0.400. The van der Waals surface area contributed by atoms with E-state index in [1.807, 2.05) is 0 Å². The second-order valence-corrected chi connectivity index (χ2v) is 7.69. The Hall–Kier alpha value is -3.39. The molecule has 1 N–H and O–H groups in total. The van der Waals surface area contributed by atoms with Gasteiger partial charge in [-0.05, 0) is 36.2 Å². The summed E-state index contributed by atoms with van der Waals surface area (Å²) in [6.45, 7) is 3.13. The molecule has 1 unspecified atom stereocenters. The van der Waals surface area contributed by atoms with Gasteiger partial charge in [-0.1, -0.05) is 25.8 Å². The number of Topliss-reactive ketones (excluding diaryl/α,β-unsaturated/α-hetero) is 1. The van der Waals surface area contributed by atoms with Crippen LogP contribution in [0, 0.1) is 0 Å². The van der Waals surface area contributed by atoms with Crippen LogP contribution in [-0.2, 0) is 14.3 Å². The number of aliphatic hydroxyl groups excluding tert-OH is 1. The molecule has 1 aliphatic rings. The first-order valence-electron chi connectivity index (χ1n) is 11.0. The zero-order valence-electron chi connectivity index (χ0n) is 19.2. The summed E-state index contributed by atoms with van der Waals surface area (Å²) >= 11 is 0. The topological polar surface area (TPSA) is 98.2 Å². The first-order valence-corrected chi connectivity index (χ1v) is 11.0. The molecule has 0 aliphatic carbocycles. The number of carbonyl (C=O) groups is 2. The normalized spacial score (nSPS) is 17.4. The molecule has 1 saturated heterocycles. The van der Waals surface area contributed by atoms with E-state index in [9.17, 15) is 14.7 Å². The van der Waals surface area contributed by atoms with E-state index in [2.05, 4.69) is 11.9 Å². The van der Waals surface area contributed by atoms with Crippen molar-refractivity contribution in [1.82, 2.24) is 9.88 Å². The predicted octanol–water partition coefficient (Wildman–Crippen LogP) is 3.73. The smallest absolute Gasteiger partial charge is 0.295 e. The highest BCUT2D eigenvalue weighted by Gasteiger charge is 2.46. The molecule has 1 fully saturated rings. The van der Waals surface area contributed by atoms with E-state index in [4.69, 9.17) is 14.2 Å². The number of rotatable bonds is 11. The van der Waals surface area contributed by atoms with Gasteiger partial charge in [-0.15, -0.1) is 0 Å². The van der Waals surface area contributed by atoms with Crippen LogP contribution in [0.15, 0.2) is 48.3 Å². The lowest BCUT2D eigenvalue weighted by Gasteiger charge is -2.25. The number of benzene rings is 1. The zero-order valence-corrected chi connectivity index (χ0v) is 19.2. The number of ketones is 1. The third-order valence-corrected chi connectivity index (χ3v) is 5.54. The van der Waals surface area contributed by atoms with E-state index in [0.29, 0.717) is 29.2 Å². The number of aliphatic hydroxyl groups is 1. The summed E-state index contributed by atoms with van der Waals surface area (Å²) in [7, 11) is 3.06. The van der Waals surface area contributed by atoms with Crippen LogP contribution in [0.5, 0.6) is 11.5 Å². The van der Waals surface area contributed by atoms with Gasteiger partial charge in [-0.2, -0.15) is 0 Å². The Balaban J connectivity index is 2.04. The van der Waals surface area contributed by atoms with Crippen molar-refractivity contribution < 1.29 is 28.9 Å². The Morgan fingerprint density at radius 1 is 1.06 bits per heavy atom. The van der Waals surface area contributed by atoms with Crippen LogP contribution in [0.4, 0.5) is 0 Å². The molecule has 0 spiro atoms. The standard InChI is InChI=1S/C25H30N2O6/c1-4-5-6-14-33-19-8-7-18(16-20(19)32-3)22-21(23(28)17-9-11-26-12-10-17)24(29)25(30)27(22)13-15-31-2/h7-12,16,22,28H,4-6,13-15H2,1-3H3. The van der Waals surface area contributed by atoms with Crippen molar-refractivity contribution in [1.29, 1.82) is 0 Å². The average molecular weight is 455 g/mol.